The predicted octanol–water partition coefficient (Wildman–Crippen LogP) is 17.3. The highest BCUT2D eigenvalue weighted by Crippen LogP contribution is 2.45. The number of fused-ring (bicyclic) bond motifs is 9. The standard InChI is InChI=1S/C69H45N5O/c1-4-20-44(21-5-1)46-24-16-25-48(42-46)67-70-68(72-69(71-67)57-34-17-33-53-50-28-12-15-39-63(50)75-66(53)57)56-30-11-14-36-59(56)74-58-35-13-10-29-54(58)64-51(32-19-38-61(64)74)52-31-18-37-60-65(52)55-41-40-47(45-22-6-2-7-23-45)43-62(55)73(60)49-26-8-3-9-27-49/h1-43,68H,(H,70,71,72). The van der Waals surface area contributed by atoms with Gasteiger partial charge in [0.05, 0.1) is 33.3 Å². The van der Waals surface area contributed by atoms with Crippen molar-refractivity contribution in [1.29, 1.82) is 0 Å². The van der Waals surface area contributed by atoms with E-state index in [1.165, 1.54) is 49.3 Å². The van der Waals surface area contributed by atoms with Crippen LogP contribution >= 0.6 is 0 Å². The minimum absolute atomic E-state index is 0.526. The first-order chi connectivity index (χ1) is 37.2. The monoisotopic (exact) mass is 959 g/mol. The second-order valence-electron chi connectivity index (χ2n) is 19.3. The van der Waals surface area contributed by atoms with E-state index >= 15 is 0 Å². The molecule has 0 amide bonds. The molecule has 1 N–H and O–H groups in total. The topological polar surface area (TPSA) is 59.8 Å². The van der Waals surface area contributed by atoms with Crippen molar-refractivity contribution >= 4 is 77.2 Å². The van der Waals surface area contributed by atoms with E-state index in [4.69, 9.17) is 14.4 Å². The molecule has 1 aliphatic rings. The Morgan fingerprint density at radius 1 is 0.373 bits per heavy atom. The number of amidine groups is 2. The molecule has 0 fully saturated rings. The summed E-state index contributed by atoms with van der Waals surface area (Å²) in [5, 5.41) is 10.8. The van der Waals surface area contributed by atoms with Gasteiger partial charge in [-0.3, -0.25) is 0 Å². The van der Waals surface area contributed by atoms with Crippen molar-refractivity contribution in [1.82, 2.24) is 14.5 Å². The number of para-hydroxylation sites is 5. The fourth-order valence-electron chi connectivity index (χ4n) is 11.7. The summed E-state index contributed by atoms with van der Waals surface area (Å²) in [6.45, 7) is 0. The molecule has 1 atom stereocenters. The van der Waals surface area contributed by atoms with Crippen LogP contribution in [0.4, 0.5) is 0 Å². The molecule has 0 radical (unpaired) electrons. The summed E-state index contributed by atoms with van der Waals surface area (Å²) < 4.78 is 11.5. The fraction of sp³-hybridized carbons (Fsp3) is 0.0145. The van der Waals surface area contributed by atoms with Crippen LogP contribution in [0.2, 0.25) is 0 Å². The molecule has 0 spiro atoms. The van der Waals surface area contributed by atoms with Crippen LogP contribution in [0, 0.1) is 0 Å². The van der Waals surface area contributed by atoms with Crippen molar-refractivity contribution in [2.45, 2.75) is 6.17 Å². The van der Waals surface area contributed by atoms with E-state index in [2.05, 4.69) is 257 Å². The van der Waals surface area contributed by atoms with E-state index in [0.29, 0.717) is 11.7 Å². The molecule has 0 saturated heterocycles. The second-order valence-corrected chi connectivity index (χ2v) is 19.3. The van der Waals surface area contributed by atoms with Crippen molar-refractivity contribution in [3.05, 3.63) is 278 Å². The van der Waals surface area contributed by atoms with Gasteiger partial charge in [0.1, 0.15) is 23.2 Å². The van der Waals surface area contributed by atoms with Crippen molar-refractivity contribution in [3.8, 4) is 44.8 Å². The maximum absolute atomic E-state index is 6.65. The van der Waals surface area contributed by atoms with E-state index in [0.717, 1.165) is 77.7 Å². The Morgan fingerprint density at radius 3 is 1.69 bits per heavy atom. The maximum atomic E-state index is 6.65. The lowest BCUT2D eigenvalue weighted by atomic mass is 9.95. The first kappa shape index (κ1) is 42.6. The molecule has 0 bridgehead atoms. The quantitative estimate of drug-likeness (QED) is 0.165. The van der Waals surface area contributed by atoms with Crippen LogP contribution in [0.1, 0.15) is 22.9 Å². The molecular formula is C69H45N5O. The summed E-state index contributed by atoms with van der Waals surface area (Å²) in [6.07, 6.45) is -0.526. The van der Waals surface area contributed by atoms with Gasteiger partial charge in [0.25, 0.3) is 0 Å². The number of furan rings is 1. The van der Waals surface area contributed by atoms with Gasteiger partial charge in [-0.15, -0.1) is 0 Å². The molecule has 0 saturated carbocycles. The van der Waals surface area contributed by atoms with Crippen LogP contribution < -0.4 is 5.32 Å². The predicted molar refractivity (Wildman–Crippen MR) is 311 cm³/mol. The molecular weight excluding hydrogens is 915 g/mol. The number of aromatic nitrogens is 2. The molecule has 352 valence electrons. The Labute approximate surface area is 432 Å². The zero-order valence-corrected chi connectivity index (χ0v) is 40.6. The molecule has 1 unspecified atom stereocenters. The average Bonchev–Trinajstić information content (AvgIpc) is 4.18. The van der Waals surface area contributed by atoms with E-state index in [-0.39, 0.29) is 0 Å². The fourth-order valence-corrected chi connectivity index (χ4v) is 11.7. The number of hydrogen-bond acceptors (Lipinski definition) is 4. The third-order valence-electron chi connectivity index (χ3n) is 15.0. The van der Waals surface area contributed by atoms with Crippen LogP contribution in [0.15, 0.2) is 275 Å². The van der Waals surface area contributed by atoms with Crippen LogP contribution in [-0.2, 0) is 0 Å². The minimum Gasteiger partial charge on any atom is -0.455 e. The number of nitrogens with one attached hydrogen (secondary N) is 1. The molecule has 4 heterocycles. The SMILES string of the molecule is c1ccc(-c2cccc(C3=NC(c4ccccc4-n4c5ccccc5c5c(-c6cccc7c6c6ccc(-c8ccccc8)cc6n7-c6ccccc6)cccc54)NC(c4cccc5c4oc4ccccc45)=N3)c2)cc1. The Hall–Kier alpha value is -10.0. The Morgan fingerprint density at radius 2 is 0.920 bits per heavy atom. The van der Waals surface area contributed by atoms with Crippen molar-refractivity contribution in [3.63, 3.8) is 0 Å². The van der Waals surface area contributed by atoms with Gasteiger partial charge < -0.3 is 18.9 Å². The second kappa shape index (κ2) is 17.3. The van der Waals surface area contributed by atoms with E-state index < -0.39 is 6.17 Å². The molecule has 6 heteroatoms. The highest BCUT2D eigenvalue weighted by molar-refractivity contribution is 6.23. The summed E-state index contributed by atoms with van der Waals surface area (Å²) in [5.41, 5.74) is 18.1. The highest BCUT2D eigenvalue weighted by Gasteiger charge is 2.28. The van der Waals surface area contributed by atoms with Gasteiger partial charge in [-0.2, -0.15) is 0 Å². The molecule has 0 aliphatic carbocycles. The van der Waals surface area contributed by atoms with Crippen LogP contribution in [0.3, 0.4) is 0 Å². The normalized spacial score (nSPS) is 13.7. The number of benzene rings is 11. The van der Waals surface area contributed by atoms with Gasteiger partial charge in [-0.1, -0.05) is 200 Å². The summed E-state index contributed by atoms with van der Waals surface area (Å²) in [5.74, 6) is 1.33. The van der Waals surface area contributed by atoms with E-state index in [9.17, 15) is 0 Å². The minimum atomic E-state index is -0.526. The molecule has 14 aromatic rings. The summed E-state index contributed by atoms with van der Waals surface area (Å²) in [7, 11) is 0. The Balaban J connectivity index is 0.930. The lowest BCUT2D eigenvalue weighted by molar-refractivity contribution is 0.658. The summed E-state index contributed by atoms with van der Waals surface area (Å²) >= 11 is 0. The largest absolute Gasteiger partial charge is 0.455 e. The summed E-state index contributed by atoms with van der Waals surface area (Å²) in [4.78, 5) is 10.9. The molecule has 3 aromatic heterocycles. The third kappa shape index (κ3) is 6.95. The number of hydrogen-bond donors (Lipinski definition) is 1. The van der Waals surface area contributed by atoms with Gasteiger partial charge in [0.2, 0.25) is 0 Å². The number of nitrogens with zero attached hydrogens (tertiary/aromatic N) is 4. The molecule has 11 aromatic carbocycles. The van der Waals surface area contributed by atoms with Crippen molar-refractivity contribution in [2.24, 2.45) is 9.98 Å². The zero-order valence-electron chi connectivity index (χ0n) is 40.6. The number of rotatable bonds is 8. The van der Waals surface area contributed by atoms with Crippen molar-refractivity contribution in [2.75, 3.05) is 0 Å². The van der Waals surface area contributed by atoms with Crippen LogP contribution in [-0.4, -0.2) is 20.8 Å². The summed E-state index contributed by atoms with van der Waals surface area (Å²) in [6, 6.07) is 93.0. The Kier molecular flexibility index (Phi) is 9.85. The maximum Gasteiger partial charge on any atom is 0.159 e. The van der Waals surface area contributed by atoms with Gasteiger partial charge in [-0.05, 0) is 94.0 Å². The van der Waals surface area contributed by atoms with Crippen molar-refractivity contribution < 1.29 is 4.42 Å². The van der Waals surface area contributed by atoms with Crippen LogP contribution in [0.25, 0.3) is 110 Å². The number of aliphatic imine (C=N–C) groups is 2. The van der Waals surface area contributed by atoms with Gasteiger partial charge >= 0.3 is 0 Å². The average molecular weight is 960 g/mol. The van der Waals surface area contributed by atoms with E-state index in [1.807, 2.05) is 18.2 Å². The van der Waals surface area contributed by atoms with Gasteiger partial charge in [0, 0.05) is 49.1 Å². The Bertz CT molecular complexity index is 4620. The molecule has 75 heavy (non-hydrogen) atoms. The lowest BCUT2D eigenvalue weighted by Crippen LogP contribution is -2.34. The lowest BCUT2D eigenvalue weighted by Gasteiger charge is -2.26. The smallest absolute Gasteiger partial charge is 0.159 e. The zero-order chi connectivity index (χ0) is 49.4. The molecule has 15 rings (SSSR count). The third-order valence-corrected chi connectivity index (χ3v) is 15.0. The van der Waals surface area contributed by atoms with Gasteiger partial charge in [-0.25, -0.2) is 9.98 Å². The van der Waals surface area contributed by atoms with Crippen LogP contribution in [0.5, 0.6) is 0 Å². The molecule has 6 nitrogen and oxygen atoms in total. The first-order valence-corrected chi connectivity index (χ1v) is 25.5. The van der Waals surface area contributed by atoms with E-state index in [1.54, 1.807) is 0 Å². The first-order valence-electron chi connectivity index (χ1n) is 25.5. The molecule has 1 aliphatic heterocycles. The van der Waals surface area contributed by atoms with Gasteiger partial charge in [0.15, 0.2) is 5.84 Å². The highest BCUT2D eigenvalue weighted by atomic mass is 16.3.